The maximum Gasteiger partial charge on any atom is 0.115 e. The summed E-state index contributed by atoms with van der Waals surface area (Å²) in [5, 5.41) is 9.04. The predicted molar refractivity (Wildman–Crippen MR) is 54.3 cm³/mol. The summed E-state index contributed by atoms with van der Waals surface area (Å²) in [7, 11) is 0. The number of hydrogen-bond donors (Lipinski definition) is 1. The molecule has 0 radical (unpaired) electrons. The van der Waals surface area contributed by atoms with E-state index in [-0.39, 0.29) is 5.75 Å². The van der Waals surface area contributed by atoms with Crippen molar-refractivity contribution in [2.24, 2.45) is 0 Å². The summed E-state index contributed by atoms with van der Waals surface area (Å²) in [4.78, 5) is 0. The molecular weight excluding hydrogens is 180 g/mol. The molecule has 0 unspecified atom stereocenters. The first-order chi connectivity index (χ1) is 6.83. The number of benzene rings is 1. The fourth-order valence-corrected chi connectivity index (χ4v) is 1.04. The van der Waals surface area contributed by atoms with Crippen molar-refractivity contribution < 1.29 is 14.6 Å². The number of hydrogen-bond acceptors (Lipinski definition) is 3. The lowest BCUT2D eigenvalue weighted by molar-refractivity contribution is 0.0453. The summed E-state index contributed by atoms with van der Waals surface area (Å²) in [6, 6.07) is 6.99. The molecular formula is C11H16O3. The Kier molecular flexibility index (Phi) is 5.04. The average Bonchev–Trinajstić information content (AvgIpc) is 2.21. The molecule has 1 N–H and O–H groups in total. The first-order valence-corrected chi connectivity index (χ1v) is 4.76. The van der Waals surface area contributed by atoms with E-state index < -0.39 is 0 Å². The summed E-state index contributed by atoms with van der Waals surface area (Å²) < 4.78 is 10.5. The number of aromatic hydroxyl groups is 1. The third-order valence-electron chi connectivity index (χ3n) is 1.78. The van der Waals surface area contributed by atoms with Crippen LogP contribution in [-0.2, 0) is 16.1 Å². The minimum atomic E-state index is 0.281. The zero-order chi connectivity index (χ0) is 10.2. The van der Waals surface area contributed by atoms with Crippen molar-refractivity contribution in [2.75, 3.05) is 19.8 Å². The van der Waals surface area contributed by atoms with Crippen molar-refractivity contribution in [3.63, 3.8) is 0 Å². The normalized spacial score (nSPS) is 10.4. The van der Waals surface area contributed by atoms with Gasteiger partial charge in [0.25, 0.3) is 0 Å². The molecule has 3 nitrogen and oxygen atoms in total. The van der Waals surface area contributed by atoms with Gasteiger partial charge in [-0.25, -0.2) is 0 Å². The molecule has 78 valence electrons. The van der Waals surface area contributed by atoms with Crippen molar-refractivity contribution >= 4 is 0 Å². The number of rotatable bonds is 6. The summed E-state index contributed by atoms with van der Waals surface area (Å²) in [6.07, 6.45) is 0. The third-order valence-corrected chi connectivity index (χ3v) is 1.78. The van der Waals surface area contributed by atoms with E-state index in [2.05, 4.69) is 0 Å². The molecule has 0 aliphatic rings. The van der Waals surface area contributed by atoms with E-state index in [1.165, 1.54) is 0 Å². The highest BCUT2D eigenvalue weighted by Crippen LogP contribution is 2.10. The fourth-order valence-electron chi connectivity index (χ4n) is 1.04. The van der Waals surface area contributed by atoms with Crippen LogP contribution in [0.5, 0.6) is 5.75 Å². The van der Waals surface area contributed by atoms with Gasteiger partial charge < -0.3 is 14.6 Å². The monoisotopic (exact) mass is 196 g/mol. The van der Waals surface area contributed by atoms with Gasteiger partial charge in [-0.15, -0.1) is 0 Å². The summed E-state index contributed by atoms with van der Waals surface area (Å²) in [6.45, 7) is 4.49. The molecule has 0 aliphatic carbocycles. The quantitative estimate of drug-likeness (QED) is 0.707. The zero-order valence-corrected chi connectivity index (χ0v) is 8.40. The molecule has 0 fully saturated rings. The van der Waals surface area contributed by atoms with E-state index >= 15 is 0 Å². The van der Waals surface area contributed by atoms with E-state index in [9.17, 15) is 0 Å². The van der Waals surface area contributed by atoms with Crippen molar-refractivity contribution in [3.05, 3.63) is 29.8 Å². The van der Waals surface area contributed by atoms with Crippen LogP contribution in [0.4, 0.5) is 0 Å². The molecule has 0 aromatic heterocycles. The van der Waals surface area contributed by atoms with Crippen molar-refractivity contribution in [2.45, 2.75) is 13.5 Å². The highest BCUT2D eigenvalue weighted by atomic mass is 16.5. The SMILES string of the molecule is CCOCCOCc1ccc(O)cc1. The lowest BCUT2D eigenvalue weighted by Gasteiger charge is -2.04. The third kappa shape index (κ3) is 4.25. The van der Waals surface area contributed by atoms with Crippen LogP contribution in [0.2, 0.25) is 0 Å². The second-order valence-corrected chi connectivity index (χ2v) is 2.92. The zero-order valence-electron chi connectivity index (χ0n) is 8.40. The van der Waals surface area contributed by atoms with Gasteiger partial charge in [0.2, 0.25) is 0 Å². The van der Waals surface area contributed by atoms with Gasteiger partial charge in [0, 0.05) is 6.61 Å². The molecule has 0 bridgehead atoms. The lowest BCUT2D eigenvalue weighted by Crippen LogP contribution is -2.03. The number of phenolic OH excluding ortho intramolecular Hbond substituents is 1. The molecule has 0 aliphatic heterocycles. The van der Waals surface area contributed by atoms with Crippen LogP contribution in [-0.4, -0.2) is 24.9 Å². The van der Waals surface area contributed by atoms with Gasteiger partial charge in [0.05, 0.1) is 19.8 Å². The predicted octanol–water partition coefficient (Wildman–Crippen LogP) is 1.95. The van der Waals surface area contributed by atoms with Crippen LogP contribution in [0.15, 0.2) is 24.3 Å². The van der Waals surface area contributed by atoms with Crippen LogP contribution >= 0.6 is 0 Å². The fraction of sp³-hybridized carbons (Fsp3) is 0.455. The highest BCUT2D eigenvalue weighted by molar-refractivity contribution is 5.25. The van der Waals surface area contributed by atoms with Gasteiger partial charge in [-0.3, -0.25) is 0 Å². The van der Waals surface area contributed by atoms with Crippen molar-refractivity contribution in [3.8, 4) is 5.75 Å². The molecule has 0 saturated heterocycles. The van der Waals surface area contributed by atoms with Gasteiger partial charge in [-0.1, -0.05) is 12.1 Å². The number of ether oxygens (including phenoxy) is 2. The first-order valence-electron chi connectivity index (χ1n) is 4.76. The first kappa shape index (κ1) is 11.0. The highest BCUT2D eigenvalue weighted by Gasteiger charge is 1.93. The minimum absolute atomic E-state index is 0.281. The van der Waals surface area contributed by atoms with Gasteiger partial charge in [-0.2, -0.15) is 0 Å². The summed E-state index contributed by atoms with van der Waals surface area (Å²) >= 11 is 0. The van der Waals surface area contributed by atoms with E-state index in [0.29, 0.717) is 19.8 Å². The van der Waals surface area contributed by atoms with Gasteiger partial charge in [0.1, 0.15) is 5.75 Å². The Morgan fingerprint density at radius 3 is 2.36 bits per heavy atom. The largest absolute Gasteiger partial charge is 0.508 e. The topological polar surface area (TPSA) is 38.7 Å². The lowest BCUT2D eigenvalue weighted by atomic mass is 10.2. The Hall–Kier alpha value is -1.06. The second kappa shape index (κ2) is 6.40. The molecule has 0 amide bonds. The van der Waals surface area contributed by atoms with Crippen LogP contribution in [0.25, 0.3) is 0 Å². The molecule has 1 aromatic carbocycles. The minimum Gasteiger partial charge on any atom is -0.508 e. The average molecular weight is 196 g/mol. The molecule has 3 heteroatoms. The van der Waals surface area contributed by atoms with E-state index in [1.807, 2.05) is 19.1 Å². The Labute approximate surface area is 84.3 Å². The van der Waals surface area contributed by atoms with E-state index in [0.717, 1.165) is 12.2 Å². The molecule has 0 atom stereocenters. The standard InChI is InChI=1S/C11H16O3/c1-2-13-7-8-14-9-10-3-5-11(12)6-4-10/h3-6,12H,2,7-9H2,1H3. The molecule has 0 spiro atoms. The van der Waals surface area contributed by atoms with Gasteiger partial charge >= 0.3 is 0 Å². The van der Waals surface area contributed by atoms with Gasteiger partial charge in [-0.05, 0) is 24.6 Å². The Morgan fingerprint density at radius 2 is 1.71 bits per heavy atom. The van der Waals surface area contributed by atoms with Crippen LogP contribution in [0.1, 0.15) is 12.5 Å². The number of phenols is 1. The van der Waals surface area contributed by atoms with Crippen LogP contribution in [0, 0.1) is 0 Å². The van der Waals surface area contributed by atoms with Crippen LogP contribution < -0.4 is 0 Å². The summed E-state index contributed by atoms with van der Waals surface area (Å²) in [5.74, 6) is 0.281. The van der Waals surface area contributed by atoms with Gasteiger partial charge in [0.15, 0.2) is 0 Å². The van der Waals surface area contributed by atoms with E-state index in [1.54, 1.807) is 12.1 Å². The van der Waals surface area contributed by atoms with Crippen LogP contribution in [0.3, 0.4) is 0 Å². The van der Waals surface area contributed by atoms with E-state index in [4.69, 9.17) is 14.6 Å². The summed E-state index contributed by atoms with van der Waals surface area (Å²) in [5.41, 5.74) is 1.05. The molecule has 1 aromatic rings. The maximum atomic E-state index is 9.04. The molecule has 0 heterocycles. The Bertz CT molecular complexity index is 243. The molecule has 0 saturated carbocycles. The van der Waals surface area contributed by atoms with Crippen molar-refractivity contribution in [1.82, 2.24) is 0 Å². The van der Waals surface area contributed by atoms with Crippen molar-refractivity contribution in [1.29, 1.82) is 0 Å². The Morgan fingerprint density at radius 1 is 1.07 bits per heavy atom. The molecule has 14 heavy (non-hydrogen) atoms. The molecule has 1 rings (SSSR count). The maximum absolute atomic E-state index is 9.04. The smallest absolute Gasteiger partial charge is 0.115 e. The Balaban J connectivity index is 2.15. The second-order valence-electron chi connectivity index (χ2n) is 2.92.